The van der Waals surface area contributed by atoms with Gasteiger partial charge in [0.05, 0.1) is 7.11 Å². The average molecular weight is 341 g/mol. The Bertz CT molecular complexity index is 562. The third-order valence-corrected chi connectivity index (χ3v) is 5.23. The molecule has 1 aromatic rings. The van der Waals surface area contributed by atoms with E-state index in [-0.39, 0.29) is 11.9 Å². The molecule has 0 aliphatic carbocycles. The van der Waals surface area contributed by atoms with E-state index in [1.165, 1.54) is 6.92 Å². The molecular formula is C15H22N2O5P+. The Morgan fingerprint density at radius 2 is 1.91 bits per heavy atom. The molecular weight excluding hydrogens is 319 g/mol. The zero-order chi connectivity index (χ0) is 17.5. The largest absolute Gasteiger partial charge is 0.467 e. The van der Waals surface area contributed by atoms with Crippen molar-refractivity contribution < 1.29 is 24.1 Å². The van der Waals surface area contributed by atoms with Gasteiger partial charge in [-0.05, 0) is 12.0 Å². The van der Waals surface area contributed by atoms with E-state index in [2.05, 4.69) is 10.1 Å². The number of ether oxygens (including phenoxy) is 1. The van der Waals surface area contributed by atoms with Crippen molar-refractivity contribution in [3.63, 3.8) is 0 Å². The van der Waals surface area contributed by atoms with E-state index in [0.717, 1.165) is 12.7 Å². The summed E-state index contributed by atoms with van der Waals surface area (Å²) in [6.45, 7) is 1.25. The zero-order valence-electron chi connectivity index (χ0n) is 13.2. The van der Waals surface area contributed by atoms with Gasteiger partial charge in [-0.1, -0.05) is 30.3 Å². The van der Waals surface area contributed by atoms with Crippen molar-refractivity contribution in [2.24, 2.45) is 0 Å². The van der Waals surface area contributed by atoms with E-state index in [4.69, 9.17) is 5.41 Å². The van der Waals surface area contributed by atoms with Crippen molar-refractivity contribution >= 4 is 25.0 Å². The second-order valence-electron chi connectivity index (χ2n) is 5.13. The number of amides is 1. The lowest BCUT2D eigenvalue weighted by molar-refractivity contribution is -0.144. The van der Waals surface area contributed by atoms with Crippen molar-refractivity contribution in [2.75, 3.05) is 13.3 Å². The Labute approximate surface area is 135 Å². The van der Waals surface area contributed by atoms with Crippen LogP contribution in [0.3, 0.4) is 0 Å². The van der Waals surface area contributed by atoms with Crippen molar-refractivity contribution in [3.8, 4) is 0 Å². The molecule has 126 valence electrons. The minimum atomic E-state index is -3.70. The van der Waals surface area contributed by atoms with Crippen molar-refractivity contribution in [2.45, 2.75) is 25.8 Å². The lowest BCUT2D eigenvalue weighted by Gasteiger charge is -2.18. The average Bonchev–Trinajstić information content (AvgIpc) is 2.52. The fourth-order valence-electron chi connectivity index (χ4n) is 1.88. The molecule has 23 heavy (non-hydrogen) atoms. The second-order valence-corrected chi connectivity index (χ2v) is 7.62. The highest BCUT2D eigenvalue weighted by Crippen LogP contribution is 2.51. The Morgan fingerprint density at radius 3 is 2.43 bits per heavy atom. The SMILES string of the molecule is COC(=O)C(C[P+](O)(O)C(C)=N)NC(=O)CCc1ccccc1. The summed E-state index contributed by atoms with van der Waals surface area (Å²) in [6.07, 6.45) is 0.220. The molecule has 4 N–H and O–H groups in total. The maximum absolute atomic E-state index is 12.0. The van der Waals surface area contributed by atoms with Crippen LogP contribution in [0.2, 0.25) is 0 Å². The van der Waals surface area contributed by atoms with Crippen molar-refractivity contribution in [1.82, 2.24) is 5.32 Å². The first-order chi connectivity index (χ1) is 10.8. The maximum atomic E-state index is 12.0. The molecule has 1 atom stereocenters. The molecule has 1 unspecified atom stereocenters. The lowest BCUT2D eigenvalue weighted by atomic mass is 10.1. The third-order valence-electron chi connectivity index (χ3n) is 3.28. The predicted molar refractivity (Wildman–Crippen MR) is 88.3 cm³/mol. The molecule has 1 rings (SSSR count). The monoisotopic (exact) mass is 341 g/mol. The molecule has 8 heteroatoms. The van der Waals surface area contributed by atoms with Crippen LogP contribution in [-0.4, -0.2) is 46.4 Å². The first-order valence-electron chi connectivity index (χ1n) is 7.06. The quantitative estimate of drug-likeness (QED) is 0.321. The van der Waals surface area contributed by atoms with Crippen LogP contribution < -0.4 is 5.32 Å². The molecule has 1 aromatic carbocycles. The number of nitrogens with one attached hydrogen (secondary N) is 2. The summed E-state index contributed by atoms with van der Waals surface area (Å²) in [6, 6.07) is 8.21. The van der Waals surface area contributed by atoms with Gasteiger partial charge in [-0.3, -0.25) is 10.2 Å². The number of carbonyl (C=O) groups excluding carboxylic acids is 2. The van der Waals surface area contributed by atoms with E-state index < -0.39 is 31.8 Å². The Kier molecular flexibility index (Phi) is 7.29. The molecule has 0 aliphatic heterocycles. The van der Waals surface area contributed by atoms with Crippen LogP contribution in [0.1, 0.15) is 18.9 Å². The first-order valence-corrected chi connectivity index (χ1v) is 8.94. The zero-order valence-corrected chi connectivity index (χ0v) is 14.0. The number of rotatable bonds is 8. The van der Waals surface area contributed by atoms with Crippen molar-refractivity contribution in [3.05, 3.63) is 35.9 Å². The van der Waals surface area contributed by atoms with Crippen LogP contribution in [0, 0.1) is 5.41 Å². The molecule has 0 bridgehead atoms. The van der Waals surface area contributed by atoms with E-state index in [1.54, 1.807) is 0 Å². The van der Waals surface area contributed by atoms with Crippen LogP contribution in [-0.2, 0) is 20.7 Å². The number of carbonyl (C=O) groups is 2. The summed E-state index contributed by atoms with van der Waals surface area (Å²) in [4.78, 5) is 43.3. The fraction of sp³-hybridized carbons (Fsp3) is 0.400. The highest BCUT2D eigenvalue weighted by molar-refractivity contribution is 7.81. The molecule has 0 radical (unpaired) electrons. The van der Waals surface area contributed by atoms with Gasteiger partial charge in [0, 0.05) is 13.3 Å². The topological polar surface area (TPSA) is 120 Å². The molecule has 0 fully saturated rings. The smallest absolute Gasteiger partial charge is 0.332 e. The number of esters is 1. The highest BCUT2D eigenvalue weighted by Gasteiger charge is 2.43. The molecule has 0 aromatic heterocycles. The summed E-state index contributed by atoms with van der Waals surface area (Å²) < 4.78 is 4.57. The molecule has 0 heterocycles. The Balaban J connectivity index is 2.64. The normalized spacial score (nSPS) is 12.3. The fourth-order valence-corrected chi connectivity index (χ4v) is 2.91. The molecule has 0 saturated heterocycles. The number of hydrogen-bond donors (Lipinski definition) is 4. The number of methoxy groups -OCH3 is 1. The van der Waals surface area contributed by atoms with Gasteiger partial charge < -0.3 is 10.1 Å². The van der Waals surface area contributed by atoms with Gasteiger partial charge in [0.1, 0.15) is 6.16 Å². The molecule has 7 nitrogen and oxygen atoms in total. The minimum absolute atomic E-state index is 0.156. The van der Waals surface area contributed by atoms with Gasteiger partial charge >= 0.3 is 13.7 Å². The van der Waals surface area contributed by atoms with E-state index in [0.29, 0.717) is 6.42 Å². The standard InChI is InChI=1S/C15H21N2O5P/c1-11(16)23(20,21)10-13(15(19)22-2)17-14(18)9-8-12-6-4-3-5-7-12/h3-7,13,16,20-21H,8-10H2,1-2H3/p+1. The molecule has 0 saturated carbocycles. The lowest BCUT2D eigenvalue weighted by Crippen LogP contribution is -2.45. The Morgan fingerprint density at radius 1 is 1.30 bits per heavy atom. The molecule has 1 amide bonds. The summed E-state index contributed by atoms with van der Waals surface area (Å²) in [5.41, 5.74) is 0.670. The summed E-state index contributed by atoms with van der Waals surface area (Å²) in [5, 5.41) is 9.80. The van der Waals surface area contributed by atoms with E-state index in [9.17, 15) is 19.4 Å². The number of hydrogen-bond acceptors (Lipinski definition) is 6. The third kappa shape index (κ3) is 6.44. The predicted octanol–water partition coefficient (Wildman–Crippen LogP) is 1.11. The number of benzene rings is 1. The first kappa shape index (κ1) is 19.2. The van der Waals surface area contributed by atoms with Crippen LogP contribution >= 0.6 is 7.72 Å². The maximum Gasteiger partial charge on any atom is 0.332 e. The van der Waals surface area contributed by atoms with Gasteiger partial charge in [-0.25, -0.2) is 14.6 Å². The highest BCUT2D eigenvalue weighted by atomic mass is 31.2. The van der Waals surface area contributed by atoms with E-state index in [1.807, 2.05) is 30.3 Å². The summed E-state index contributed by atoms with van der Waals surface area (Å²) in [5.74, 6) is -1.17. The van der Waals surface area contributed by atoms with Crippen LogP contribution in [0.5, 0.6) is 0 Å². The second kappa shape index (κ2) is 8.72. The molecule has 0 aliphatic rings. The van der Waals surface area contributed by atoms with Gasteiger partial charge in [-0.15, -0.1) is 0 Å². The molecule has 0 spiro atoms. The van der Waals surface area contributed by atoms with Gasteiger partial charge in [0.15, 0.2) is 6.04 Å². The van der Waals surface area contributed by atoms with Crippen LogP contribution in [0.4, 0.5) is 0 Å². The van der Waals surface area contributed by atoms with Crippen LogP contribution in [0.25, 0.3) is 0 Å². The van der Waals surface area contributed by atoms with Gasteiger partial charge in [0.25, 0.3) is 0 Å². The van der Waals surface area contributed by atoms with Crippen LogP contribution in [0.15, 0.2) is 30.3 Å². The van der Waals surface area contributed by atoms with Crippen molar-refractivity contribution in [1.29, 1.82) is 5.41 Å². The van der Waals surface area contributed by atoms with E-state index >= 15 is 0 Å². The Hall–Kier alpha value is -1.82. The summed E-state index contributed by atoms with van der Waals surface area (Å²) in [7, 11) is -2.55. The minimum Gasteiger partial charge on any atom is -0.467 e. The number of aryl methyl sites for hydroxylation is 1. The van der Waals surface area contributed by atoms with Gasteiger partial charge in [-0.2, -0.15) is 0 Å². The summed E-state index contributed by atoms with van der Waals surface area (Å²) >= 11 is 0. The van der Waals surface area contributed by atoms with Gasteiger partial charge in [0.2, 0.25) is 11.4 Å².